The molecule has 0 unspecified atom stereocenters. The van der Waals surface area contributed by atoms with E-state index < -0.39 is 0 Å². The van der Waals surface area contributed by atoms with Crippen LogP contribution < -0.4 is 15.8 Å². The highest BCUT2D eigenvalue weighted by Gasteiger charge is 2.22. The summed E-state index contributed by atoms with van der Waals surface area (Å²) < 4.78 is 17.8. The van der Waals surface area contributed by atoms with E-state index in [0.29, 0.717) is 31.7 Å². The number of carbonyl (C=O) groups is 2. The van der Waals surface area contributed by atoms with Gasteiger partial charge < -0.3 is 15.8 Å². The van der Waals surface area contributed by atoms with E-state index >= 15 is 0 Å². The van der Waals surface area contributed by atoms with Gasteiger partial charge in [0.05, 0.1) is 0 Å². The molecule has 1 aliphatic heterocycles. The molecule has 3 N–H and O–H groups in total. The minimum atomic E-state index is -0.286. The summed E-state index contributed by atoms with van der Waals surface area (Å²) in [7, 11) is 0. The van der Waals surface area contributed by atoms with Crippen LogP contribution in [-0.2, 0) is 16.1 Å². The second-order valence-corrected chi connectivity index (χ2v) is 5.95. The van der Waals surface area contributed by atoms with Gasteiger partial charge in [0.25, 0.3) is 0 Å². The molecule has 2 aromatic rings. The Hall–Kier alpha value is -2.57. The van der Waals surface area contributed by atoms with Crippen LogP contribution in [0.4, 0.5) is 4.39 Å². The Morgan fingerprint density at radius 2 is 2.00 bits per heavy atom. The number of ether oxygens (including phenoxy) is 1. The summed E-state index contributed by atoms with van der Waals surface area (Å²) in [6, 6.07) is 13.5. The largest absolute Gasteiger partial charge is 0.427 e. The lowest BCUT2D eigenvalue weighted by Crippen LogP contribution is -2.32. The predicted molar refractivity (Wildman–Crippen MR) is 97.0 cm³/mol. The fourth-order valence-electron chi connectivity index (χ4n) is 2.75. The summed E-state index contributed by atoms with van der Waals surface area (Å²) in [4.78, 5) is 21.8. The van der Waals surface area contributed by atoms with Crippen LogP contribution in [0.1, 0.15) is 36.9 Å². The number of carbonyl (C=O) groups excluding carboxylic acids is 2. The van der Waals surface area contributed by atoms with Crippen LogP contribution in [0.2, 0.25) is 0 Å². The Balaban J connectivity index is 0.000000209. The Morgan fingerprint density at radius 1 is 1.27 bits per heavy atom. The van der Waals surface area contributed by atoms with Gasteiger partial charge in [0.1, 0.15) is 17.3 Å². The average Bonchev–Trinajstić information content (AvgIpc) is 2.62. The minimum absolute atomic E-state index is 0.0135. The number of piperidine rings is 1. The van der Waals surface area contributed by atoms with Crippen LogP contribution >= 0.6 is 0 Å². The van der Waals surface area contributed by atoms with Gasteiger partial charge in [-0.05, 0) is 35.4 Å². The van der Waals surface area contributed by atoms with Gasteiger partial charge in [-0.15, -0.1) is 0 Å². The number of halogens is 1. The van der Waals surface area contributed by atoms with Crippen LogP contribution in [0.5, 0.6) is 5.75 Å². The third kappa shape index (κ3) is 6.06. The van der Waals surface area contributed by atoms with Gasteiger partial charge in [0.2, 0.25) is 0 Å². The molecule has 1 saturated heterocycles. The topological polar surface area (TPSA) is 81.4 Å². The molecule has 0 saturated carbocycles. The van der Waals surface area contributed by atoms with Crippen LogP contribution in [0, 0.1) is 5.82 Å². The summed E-state index contributed by atoms with van der Waals surface area (Å²) in [5.74, 6) is 0.267. The van der Waals surface area contributed by atoms with E-state index in [1.54, 1.807) is 18.2 Å². The summed E-state index contributed by atoms with van der Waals surface area (Å²) in [5.41, 5.74) is 7.29. The van der Waals surface area contributed by atoms with E-state index in [-0.39, 0.29) is 23.6 Å². The maximum Gasteiger partial charge on any atom is 0.308 e. The zero-order valence-electron chi connectivity index (χ0n) is 14.7. The third-order valence-corrected chi connectivity index (χ3v) is 3.93. The lowest BCUT2D eigenvalue weighted by atomic mass is 9.93. The molecule has 0 radical (unpaired) electrons. The molecule has 5 nitrogen and oxygen atoms in total. The van der Waals surface area contributed by atoms with Crippen molar-refractivity contribution in [2.24, 2.45) is 5.73 Å². The van der Waals surface area contributed by atoms with Gasteiger partial charge in [0.15, 0.2) is 0 Å². The van der Waals surface area contributed by atoms with Crippen LogP contribution in [0.25, 0.3) is 0 Å². The smallest absolute Gasteiger partial charge is 0.308 e. The van der Waals surface area contributed by atoms with Crippen molar-refractivity contribution in [3.8, 4) is 5.75 Å². The van der Waals surface area contributed by atoms with Gasteiger partial charge in [0, 0.05) is 38.9 Å². The zero-order chi connectivity index (χ0) is 18.9. The second-order valence-electron chi connectivity index (χ2n) is 5.95. The molecule has 138 valence electrons. The highest BCUT2D eigenvalue weighted by atomic mass is 19.1. The maximum absolute atomic E-state index is 13.0. The Morgan fingerprint density at radius 3 is 2.62 bits per heavy atom. The molecule has 26 heavy (non-hydrogen) atoms. The molecular weight excluding hydrogens is 335 g/mol. The fourth-order valence-corrected chi connectivity index (χ4v) is 2.75. The first-order chi connectivity index (χ1) is 12.5. The molecule has 1 aliphatic rings. The first kappa shape index (κ1) is 19.8. The quantitative estimate of drug-likeness (QED) is 0.651. The molecule has 1 fully saturated rings. The lowest BCUT2D eigenvalue weighted by molar-refractivity contribution is -0.131. The van der Waals surface area contributed by atoms with Crippen molar-refractivity contribution >= 4 is 11.8 Å². The van der Waals surface area contributed by atoms with E-state index in [2.05, 4.69) is 5.32 Å². The van der Waals surface area contributed by atoms with E-state index in [0.717, 1.165) is 11.1 Å². The number of ketones is 1. The molecule has 0 amide bonds. The Kier molecular flexibility index (Phi) is 7.44. The van der Waals surface area contributed by atoms with Gasteiger partial charge in [-0.3, -0.25) is 9.59 Å². The van der Waals surface area contributed by atoms with Gasteiger partial charge in [-0.1, -0.05) is 24.3 Å². The van der Waals surface area contributed by atoms with Crippen LogP contribution in [0.15, 0.2) is 48.5 Å². The van der Waals surface area contributed by atoms with Crippen molar-refractivity contribution in [3.05, 3.63) is 65.5 Å². The van der Waals surface area contributed by atoms with Gasteiger partial charge >= 0.3 is 5.97 Å². The molecule has 1 atom stereocenters. The van der Waals surface area contributed by atoms with E-state index in [4.69, 9.17) is 10.5 Å². The van der Waals surface area contributed by atoms with E-state index in [1.807, 2.05) is 18.2 Å². The molecule has 6 heteroatoms. The molecule has 0 bridgehead atoms. The number of esters is 1. The second kappa shape index (κ2) is 9.79. The SMILES string of the molecule is CC(=O)Oc1ccccc1.NCc1cc(F)ccc1[C@H]1CC(=O)CCN1. The molecule has 0 aromatic heterocycles. The fraction of sp³-hybridized carbons (Fsp3) is 0.300. The average molecular weight is 358 g/mol. The minimum Gasteiger partial charge on any atom is -0.427 e. The summed E-state index contributed by atoms with van der Waals surface area (Å²) in [6.07, 6.45) is 1.05. The molecule has 3 rings (SSSR count). The summed E-state index contributed by atoms with van der Waals surface area (Å²) in [5, 5.41) is 3.26. The third-order valence-electron chi connectivity index (χ3n) is 3.93. The summed E-state index contributed by atoms with van der Waals surface area (Å²) >= 11 is 0. The van der Waals surface area contributed by atoms with Crippen LogP contribution in [-0.4, -0.2) is 18.3 Å². The van der Waals surface area contributed by atoms with Crippen molar-refractivity contribution < 1.29 is 18.7 Å². The highest BCUT2D eigenvalue weighted by molar-refractivity contribution is 5.80. The van der Waals surface area contributed by atoms with Gasteiger partial charge in [-0.2, -0.15) is 0 Å². The number of nitrogens with one attached hydrogen (secondary N) is 1. The maximum atomic E-state index is 13.0. The standard InChI is InChI=1S/C12H15FN2O.C8H8O2/c13-9-1-2-11(8(5-9)7-14)12-6-10(16)3-4-15-12;1-7(9)10-8-5-3-2-4-6-8/h1-2,5,12,15H,3-4,6-7,14H2;2-6H,1H3/t12-;/m1./s1. The van der Waals surface area contributed by atoms with E-state index in [1.165, 1.54) is 19.1 Å². The van der Waals surface area contributed by atoms with Crippen molar-refractivity contribution in [3.63, 3.8) is 0 Å². The normalized spacial score (nSPS) is 16.4. The van der Waals surface area contributed by atoms with Crippen molar-refractivity contribution in [2.75, 3.05) is 6.54 Å². The Labute approximate surface area is 152 Å². The number of rotatable bonds is 3. The number of nitrogens with two attached hydrogens (primary N) is 1. The van der Waals surface area contributed by atoms with Crippen molar-refractivity contribution in [1.29, 1.82) is 0 Å². The molecule has 1 heterocycles. The monoisotopic (exact) mass is 358 g/mol. The number of para-hydroxylation sites is 1. The predicted octanol–water partition coefficient (Wildman–Crippen LogP) is 2.89. The zero-order valence-corrected chi connectivity index (χ0v) is 14.7. The van der Waals surface area contributed by atoms with E-state index in [9.17, 15) is 14.0 Å². The molecule has 0 spiro atoms. The Bertz CT molecular complexity index is 750. The summed E-state index contributed by atoms with van der Waals surface area (Å²) in [6.45, 7) is 2.36. The number of hydrogen-bond acceptors (Lipinski definition) is 5. The molecular formula is C20H23FN2O3. The molecule has 2 aromatic carbocycles. The number of hydrogen-bond donors (Lipinski definition) is 2. The van der Waals surface area contributed by atoms with Crippen LogP contribution in [0.3, 0.4) is 0 Å². The van der Waals surface area contributed by atoms with Gasteiger partial charge in [-0.25, -0.2) is 4.39 Å². The first-order valence-corrected chi connectivity index (χ1v) is 8.46. The van der Waals surface area contributed by atoms with Crippen molar-refractivity contribution in [1.82, 2.24) is 5.32 Å². The number of benzene rings is 2. The van der Waals surface area contributed by atoms with Crippen molar-refractivity contribution in [2.45, 2.75) is 32.4 Å². The number of Topliss-reactive ketones (excluding diaryl/α,β-unsaturated/α-hetero) is 1. The first-order valence-electron chi connectivity index (χ1n) is 8.46. The highest BCUT2D eigenvalue weighted by Crippen LogP contribution is 2.24. The lowest BCUT2D eigenvalue weighted by Gasteiger charge is -2.25. The molecule has 0 aliphatic carbocycles.